The summed E-state index contributed by atoms with van der Waals surface area (Å²) in [5.41, 5.74) is -1.32. The molecule has 1 saturated heterocycles. The zero-order valence-electron chi connectivity index (χ0n) is 14.9. The normalized spacial score (nSPS) is 20.8. The van der Waals surface area contributed by atoms with E-state index in [1.54, 1.807) is 0 Å². The lowest BCUT2D eigenvalue weighted by Crippen LogP contribution is -2.38. The average molecular weight is 412 g/mol. The van der Waals surface area contributed by atoms with Crippen molar-refractivity contribution < 1.29 is 21.6 Å². The number of halogens is 3. The standard InChI is InChI=1S/C19H19F3N2O3S/c20-19(21,22)15-11-18(25)23-16-8-7-13(10-14(15)16)28(26,27)24-9-3-5-12-4-1-2-6-17(12)24/h6-8,10-12H,1-5,9H2,(H,23,25). The van der Waals surface area contributed by atoms with E-state index in [4.69, 9.17) is 0 Å². The van der Waals surface area contributed by atoms with Gasteiger partial charge >= 0.3 is 6.18 Å². The summed E-state index contributed by atoms with van der Waals surface area (Å²) in [6, 6.07) is 3.94. The van der Waals surface area contributed by atoms with Crippen LogP contribution in [-0.2, 0) is 16.2 Å². The Kier molecular flexibility index (Phi) is 4.52. The molecule has 28 heavy (non-hydrogen) atoms. The number of fused-ring (bicyclic) bond motifs is 2. The highest BCUT2D eigenvalue weighted by molar-refractivity contribution is 7.89. The Bertz CT molecular complexity index is 1120. The van der Waals surface area contributed by atoms with Crippen LogP contribution in [0.25, 0.3) is 10.9 Å². The number of benzene rings is 1. The first-order valence-corrected chi connectivity index (χ1v) is 10.6. The van der Waals surface area contributed by atoms with Gasteiger partial charge in [-0.1, -0.05) is 6.08 Å². The minimum Gasteiger partial charge on any atom is -0.322 e. The number of hydrogen-bond donors (Lipinski definition) is 1. The van der Waals surface area contributed by atoms with Crippen molar-refractivity contribution in [2.75, 3.05) is 6.54 Å². The Balaban J connectivity index is 1.85. The summed E-state index contributed by atoms with van der Waals surface area (Å²) < 4.78 is 68.0. The maximum absolute atomic E-state index is 13.4. The molecule has 1 aliphatic heterocycles. The van der Waals surface area contributed by atoms with Crippen LogP contribution in [-0.4, -0.2) is 24.3 Å². The molecular formula is C19H19F3N2O3S. The van der Waals surface area contributed by atoms with Gasteiger partial charge in [-0.25, -0.2) is 8.42 Å². The van der Waals surface area contributed by atoms with Crippen molar-refractivity contribution in [1.29, 1.82) is 0 Å². The fourth-order valence-corrected chi connectivity index (χ4v) is 5.78. The number of pyridine rings is 1. The first-order chi connectivity index (χ1) is 13.2. The van der Waals surface area contributed by atoms with Gasteiger partial charge in [0.2, 0.25) is 5.56 Å². The number of alkyl halides is 3. The van der Waals surface area contributed by atoms with Gasteiger partial charge in [0.25, 0.3) is 10.0 Å². The number of piperidine rings is 1. The second-order valence-corrected chi connectivity index (χ2v) is 9.09. The highest BCUT2D eigenvalue weighted by Crippen LogP contribution is 2.39. The van der Waals surface area contributed by atoms with E-state index in [0.29, 0.717) is 12.6 Å². The molecular weight excluding hydrogens is 393 g/mol. The number of aromatic nitrogens is 1. The molecule has 1 unspecified atom stereocenters. The Hall–Kier alpha value is -2.29. The van der Waals surface area contributed by atoms with Crippen LogP contribution in [0.1, 0.15) is 37.7 Å². The van der Waals surface area contributed by atoms with E-state index in [1.165, 1.54) is 16.4 Å². The number of rotatable bonds is 2. The number of aromatic amines is 1. The predicted octanol–water partition coefficient (Wildman–Crippen LogP) is 4.02. The van der Waals surface area contributed by atoms with Crippen molar-refractivity contribution in [3.05, 3.63) is 52.0 Å². The maximum Gasteiger partial charge on any atom is 0.417 e. The third-order valence-corrected chi connectivity index (χ3v) is 7.26. The number of hydrogen-bond acceptors (Lipinski definition) is 3. The average Bonchev–Trinajstić information content (AvgIpc) is 2.65. The van der Waals surface area contributed by atoms with Gasteiger partial charge in [0.1, 0.15) is 0 Å². The second-order valence-electron chi connectivity index (χ2n) is 7.23. The van der Waals surface area contributed by atoms with Crippen molar-refractivity contribution in [3.63, 3.8) is 0 Å². The van der Waals surface area contributed by atoms with Gasteiger partial charge < -0.3 is 4.98 Å². The molecule has 9 heteroatoms. The molecule has 0 spiro atoms. The van der Waals surface area contributed by atoms with Crippen LogP contribution in [0, 0.1) is 5.92 Å². The molecule has 2 heterocycles. The SMILES string of the molecule is O=c1cc(C(F)(F)F)c2cc(S(=O)(=O)N3CCCC4CCCC=C43)ccc2[nH]1. The summed E-state index contributed by atoms with van der Waals surface area (Å²) in [5.74, 6) is 0.180. The topological polar surface area (TPSA) is 70.2 Å². The molecule has 1 atom stereocenters. The van der Waals surface area contributed by atoms with E-state index in [9.17, 15) is 26.4 Å². The van der Waals surface area contributed by atoms with Gasteiger partial charge in [-0.05, 0) is 56.2 Å². The van der Waals surface area contributed by atoms with Crippen LogP contribution < -0.4 is 5.56 Å². The van der Waals surface area contributed by atoms with E-state index in [2.05, 4.69) is 4.98 Å². The zero-order chi connectivity index (χ0) is 20.1. The summed E-state index contributed by atoms with van der Waals surface area (Å²) in [6.07, 6.45) is 1.55. The van der Waals surface area contributed by atoms with E-state index < -0.39 is 27.3 Å². The first-order valence-electron chi connectivity index (χ1n) is 9.15. The van der Waals surface area contributed by atoms with Crippen molar-refractivity contribution in [2.24, 2.45) is 5.92 Å². The first kappa shape index (κ1) is 19.0. The summed E-state index contributed by atoms with van der Waals surface area (Å²) in [6.45, 7) is 0.320. The minimum atomic E-state index is -4.77. The van der Waals surface area contributed by atoms with Crippen LogP contribution in [0.15, 0.2) is 45.7 Å². The predicted molar refractivity (Wildman–Crippen MR) is 98.1 cm³/mol. The van der Waals surface area contributed by atoms with E-state index >= 15 is 0 Å². The third kappa shape index (κ3) is 3.21. The van der Waals surface area contributed by atoms with Gasteiger partial charge in [0, 0.05) is 29.2 Å². The second kappa shape index (κ2) is 6.65. The van der Waals surface area contributed by atoms with Crippen molar-refractivity contribution in [2.45, 2.75) is 43.2 Å². The van der Waals surface area contributed by atoms with Gasteiger partial charge in [-0.3, -0.25) is 9.10 Å². The molecule has 2 aliphatic rings. The van der Waals surface area contributed by atoms with E-state index in [1.807, 2.05) is 6.08 Å². The van der Waals surface area contributed by atoms with Gasteiger partial charge in [0.15, 0.2) is 0 Å². The molecule has 5 nitrogen and oxygen atoms in total. The molecule has 1 aromatic carbocycles. The van der Waals surface area contributed by atoms with Crippen LogP contribution in [0.3, 0.4) is 0 Å². The van der Waals surface area contributed by atoms with Crippen molar-refractivity contribution in [3.8, 4) is 0 Å². The Morgan fingerprint density at radius 2 is 1.86 bits per heavy atom. The zero-order valence-corrected chi connectivity index (χ0v) is 15.7. The fourth-order valence-electron chi connectivity index (χ4n) is 4.15. The molecule has 1 aromatic heterocycles. The van der Waals surface area contributed by atoms with Crippen LogP contribution >= 0.6 is 0 Å². The molecule has 0 radical (unpaired) electrons. The van der Waals surface area contributed by atoms with Crippen LogP contribution in [0.4, 0.5) is 13.2 Å². The molecule has 0 saturated carbocycles. The molecule has 0 bridgehead atoms. The monoisotopic (exact) mass is 412 g/mol. The smallest absolute Gasteiger partial charge is 0.322 e. The van der Waals surface area contributed by atoms with Gasteiger partial charge in [0.05, 0.1) is 10.5 Å². The summed E-state index contributed by atoms with van der Waals surface area (Å²) in [4.78, 5) is 13.7. The van der Waals surface area contributed by atoms with Crippen LogP contribution in [0.2, 0.25) is 0 Å². The number of allylic oxidation sites excluding steroid dienone is 2. The number of sulfonamides is 1. The highest BCUT2D eigenvalue weighted by Gasteiger charge is 2.36. The maximum atomic E-state index is 13.4. The molecule has 150 valence electrons. The fraction of sp³-hybridized carbons (Fsp3) is 0.421. The molecule has 1 fully saturated rings. The van der Waals surface area contributed by atoms with Gasteiger partial charge in [-0.15, -0.1) is 0 Å². The molecule has 1 aliphatic carbocycles. The van der Waals surface area contributed by atoms with Crippen LogP contribution in [0.5, 0.6) is 0 Å². The summed E-state index contributed by atoms with van der Waals surface area (Å²) >= 11 is 0. The summed E-state index contributed by atoms with van der Waals surface area (Å²) in [5, 5.41) is -0.334. The van der Waals surface area contributed by atoms with Gasteiger partial charge in [-0.2, -0.15) is 13.2 Å². The lowest BCUT2D eigenvalue weighted by atomic mass is 9.86. The third-order valence-electron chi connectivity index (χ3n) is 5.44. The molecule has 4 rings (SSSR count). The lowest BCUT2D eigenvalue weighted by molar-refractivity contribution is -0.136. The molecule has 1 N–H and O–H groups in total. The Morgan fingerprint density at radius 1 is 1.11 bits per heavy atom. The number of nitrogens with zero attached hydrogens (tertiary/aromatic N) is 1. The molecule has 2 aromatic rings. The largest absolute Gasteiger partial charge is 0.417 e. The summed E-state index contributed by atoms with van der Waals surface area (Å²) in [7, 11) is -3.99. The van der Waals surface area contributed by atoms with E-state index in [0.717, 1.165) is 43.9 Å². The van der Waals surface area contributed by atoms with Crippen molar-refractivity contribution in [1.82, 2.24) is 9.29 Å². The van der Waals surface area contributed by atoms with Crippen molar-refractivity contribution >= 4 is 20.9 Å². The minimum absolute atomic E-state index is 0.0489. The lowest BCUT2D eigenvalue weighted by Gasteiger charge is -2.38. The number of H-pyrrole nitrogens is 1. The Labute approximate surface area is 159 Å². The number of nitrogens with one attached hydrogen (secondary N) is 1. The quantitative estimate of drug-likeness (QED) is 0.810. The van der Waals surface area contributed by atoms with E-state index in [-0.39, 0.29) is 21.7 Å². The highest BCUT2D eigenvalue weighted by atomic mass is 32.2. The molecule has 0 amide bonds. The Morgan fingerprint density at radius 3 is 2.61 bits per heavy atom.